The first-order chi connectivity index (χ1) is 11.6. The van der Waals surface area contributed by atoms with Crippen molar-refractivity contribution in [1.29, 1.82) is 0 Å². The van der Waals surface area contributed by atoms with Gasteiger partial charge in [-0.05, 0) is 18.1 Å². The molecular weight excluding hydrogens is 365 g/mol. The van der Waals surface area contributed by atoms with Crippen LogP contribution in [0.25, 0.3) is 5.65 Å². The van der Waals surface area contributed by atoms with Gasteiger partial charge in [0.25, 0.3) is 0 Å². The monoisotopic (exact) mass is 379 g/mol. The van der Waals surface area contributed by atoms with E-state index in [1.807, 2.05) is 24.3 Å². The minimum Gasteiger partial charge on any atom is -0.293 e. The van der Waals surface area contributed by atoms with Crippen LogP contribution in [0.15, 0.2) is 41.7 Å². The summed E-state index contributed by atoms with van der Waals surface area (Å²) < 4.78 is 1.70. The number of benzene rings is 1. The van der Waals surface area contributed by atoms with Crippen LogP contribution in [0.3, 0.4) is 0 Å². The number of hydrogen-bond donors (Lipinski definition) is 0. The van der Waals surface area contributed by atoms with Crippen molar-refractivity contribution in [2.45, 2.75) is 24.9 Å². The van der Waals surface area contributed by atoms with Crippen LogP contribution in [-0.2, 0) is 6.42 Å². The molecule has 0 radical (unpaired) electrons. The lowest BCUT2D eigenvalue weighted by molar-refractivity contribution is 0.102. The van der Waals surface area contributed by atoms with Crippen molar-refractivity contribution in [3.8, 4) is 0 Å². The van der Waals surface area contributed by atoms with Gasteiger partial charge in [0.2, 0.25) is 0 Å². The average molecular weight is 380 g/mol. The molecule has 0 atom stereocenters. The summed E-state index contributed by atoms with van der Waals surface area (Å²) in [5, 5.41) is 9.63. The zero-order chi connectivity index (χ0) is 17.1. The minimum absolute atomic E-state index is 0.0490. The molecule has 0 saturated carbocycles. The fourth-order valence-corrected chi connectivity index (χ4v) is 3.67. The maximum Gasteiger partial charge on any atom is 0.196 e. The van der Waals surface area contributed by atoms with E-state index in [9.17, 15) is 4.79 Å². The highest BCUT2D eigenvalue weighted by atomic mass is 35.5. The number of carbonyl (C=O) groups excluding carboxylic acids is 1. The summed E-state index contributed by atoms with van der Waals surface area (Å²) in [7, 11) is 0. The number of ketones is 1. The van der Waals surface area contributed by atoms with Crippen LogP contribution < -0.4 is 0 Å². The molecule has 0 spiro atoms. The lowest BCUT2D eigenvalue weighted by Crippen LogP contribution is -2.03. The van der Waals surface area contributed by atoms with Crippen molar-refractivity contribution in [2.24, 2.45) is 0 Å². The molecule has 0 amide bonds. The number of carbonyl (C=O) groups is 1. The number of thioether (sulfide) groups is 1. The van der Waals surface area contributed by atoms with Crippen molar-refractivity contribution < 1.29 is 4.79 Å². The highest BCUT2D eigenvalue weighted by Crippen LogP contribution is 2.25. The Bertz CT molecular complexity index is 877. The Labute approximate surface area is 154 Å². The number of nitrogens with zero attached hydrogens (tertiary/aromatic N) is 3. The standard InChI is InChI=1S/C17H15Cl2N3OS/c1-2-3-11-4-6-12(7-5-11)15(23)10-24-17-21-20-16-14(19)8-13(18)9-22(16)17/h4-9H,2-3,10H2,1H3. The number of halogens is 2. The Morgan fingerprint density at radius 3 is 2.67 bits per heavy atom. The number of pyridine rings is 1. The Balaban J connectivity index is 1.72. The van der Waals surface area contributed by atoms with Gasteiger partial charge in [0.1, 0.15) is 0 Å². The topological polar surface area (TPSA) is 47.3 Å². The van der Waals surface area contributed by atoms with E-state index >= 15 is 0 Å². The molecule has 2 heterocycles. The minimum atomic E-state index is 0.0490. The normalized spacial score (nSPS) is 11.1. The van der Waals surface area contributed by atoms with Gasteiger partial charge in [-0.3, -0.25) is 9.20 Å². The number of aryl methyl sites for hydroxylation is 1. The number of rotatable bonds is 6. The highest BCUT2D eigenvalue weighted by Gasteiger charge is 2.13. The van der Waals surface area contributed by atoms with E-state index in [1.165, 1.54) is 17.3 Å². The summed E-state index contributed by atoms with van der Waals surface area (Å²) in [5.74, 6) is 0.325. The van der Waals surface area contributed by atoms with E-state index in [2.05, 4.69) is 17.1 Å². The fourth-order valence-electron chi connectivity index (χ4n) is 2.36. The van der Waals surface area contributed by atoms with E-state index in [-0.39, 0.29) is 11.5 Å². The van der Waals surface area contributed by atoms with Crippen LogP contribution in [0.1, 0.15) is 29.3 Å². The van der Waals surface area contributed by atoms with Gasteiger partial charge in [-0.1, -0.05) is 72.6 Å². The summed E-state index contributed by atoms with van der Waals surface area (Å²) in [4.78, 5) is 12.3. The first kappa shape index (κ1) is 17.3. The molecule has 1 aromatic carbocycles. The van der Waals surface area contributed by atoms with Crippen molar-refractivity contribution in [3.05, 3.63) is 57.7 Å². The molecule has 0 aliphatic rings. The predicted molar refractivity (Wildman–Crippen MR) is 98.5 cm³/mol. The number of Topliss-reactive ketones (excluding diaryl/α,β-unsaturated/α-hetero) is 1. The maximum absolute atomic E-state index is 12.3. The van der Waals surface area contributed by atoms with E-state index in [0.29, 0.717) is 26.4 Å². The van der Waals surface area contributed by atoms with Gasteiger partial charge in [-0.15, -0.1) is 10.2 Å². The van der Waals surface area contributed by atoms with Crippen LogP contribution in [0.2, 0.25) is 10.0 Å². The van der Waals surface area contributed by atoms with Gasteiger partial charge >= 0.3 is 0 Å². The van der Waals surface area contributed by atoms with E-state index < -0.39 is 0 Å². The molecule has 0 aliphatic heterocycles. The van der Waals surface area contributed by atoms with Gasteiger partial charge in [0.05, 0.1) is 15.8 Å². The molecule has 24 heavy (non-hydrogen) atoms. The van der Waals surface area contributed by atoms with Crippen LogP contribution in [-0.4, -0.2) is 26.1 Å². The quantitative estimate of drug-likeness (QED) is 0.448. The molecule has 124 valence electrons. The van der Waals surface area contributed by atoms with Crippen molar-refractivity contribution >= 4 is 46.4 Å². The maximum atomic E-state index is 12.3. The fraction of sp³-hybridized carbons (Fsp3) is 0.235. The van der Waals surface area contributed by atoms with E-state index in [0.717, 1.165) is 12.8 Å². The van der Waals surface area contributed by atoms with Gasteiger partial charge in [-0.25, -0.2) is 0 Å². The summed E-state index contributed by atoms with van der Waals surface area (Å²) >= 11 is 13.4. The molecule has 4 nitrogen and oxygen atoms in total. The van der Waals surface area contributed by atoms with Gasteiger partial charge < -0.3 is 0 Å². The molecule has 0 unspecified atom stereocenters. The van der Waals surface area contributed by atoms with Crippen LogP contribution in [0.4, 0.5) is 0 Å². The second-order valence-electron chi connectivity index (χ2n) is 5.34. The number of hydrogen-bond acceptors (Lipinski definition) is 4. The number of fused-ring (bicyclic) bond motifs is 1. The Morgan fingerprint density at radius 1 is 1.21 bits per heavy atom. The molecule has 7 heteroatoms. The molecule has 0 fully saturated rings. The van der Waals surface area contributed by atoms with Gasteiger partial charge in [-0.2, -0.15) is 0 Å². The number of aromatic nitrogens is 3. The molecule has 0 aliphatic carbocycles. The molecule has 2 aromatic heterocycles. The summed E-state index contributed by atoms with van der Waals surface area (Å²) in [6.07, 6.45) is 3.81. The third-order valence-electron chi connectivity index (χ3n) is 3.54. The van der Waals surface area contributed by atoms with Crippen LogP contribution in [0.5, 0.6) is 0 Å². The summed E-state index contributed by atoms with van der Waals surface area (Å²) in [5.41, 5.74) is 2.47. The third-order valence-corrected chi connectivity index (χ3v) is 4.97. The highest BCUT2D eigenvalue weighted by molar-refractivity contribution is 7.99. The molecule has 0 N–H and O–H groups in total. The molecule has 3 aromatic rings. The van der Waals surface area contributed by atoms with Crippen LogP contribution >= 0.6 is 35.0 Å². The van der Waals surface area contributed by atoms with Crippen molar-refractivity contribution in [3.63, 3.8) is 0 Å². The Morgan fingerprint density at radius 2 is 1.96 bits per heavy atom. The van der Waals surface area contributed by atoms with E-state index in [4.69, 9.17) is 23.2 Å². The average Bonchev–Trinajstić information content (AvgIpc) is 2.97. The SMILES string of the molecule is CCCc1ccc(C(=O)CSc2nnc3c(Cl)cc(Cl)cn23)cc1. The third kappa shape index (κ3) is 3.74. The summed E-state index contributed by atoms with van der Waals surface area (Å²) in [6, 6.07) is 9.39. The zero-order valence-electron chi connectivity index (χ0n) is 13.0. The molecular formula is C17H15Cl2N3OS. The summed E-state index contributed by atoms with van der Waals surface area (Å²) in [6.45, 7) is 2.14. The molecule has 0 saturated heterocycles. The second kappa shape index (κ2) is 7.55. The van der Waals surface area contributed by atoms with Crippen molar-refractivity contribution in [1.82, 2.24) is 14.6 Å². The smallest absolute Gasteiger partial charge is 0.196 e. The largest absolute Gasteiger partial charge is 0.293 e. The zero-order valence-corrected chi connectivity index (χ0v) is 15.3. The first-order valence-corrected chi connectivity index (χ1v) is 9.27. The van der Waals surface area contributed by atoms with E-state index in [1.54, 1.807) is 16.7 Å². The van der Waals surface area contributed by atoms with Crippen LogP contribution in [0, 0.1) is 0 Å². The Kier molecular flexibility index (Phi) is 5.43. The lowest BCUT2D eigenvalue weighted by Gasteiger charge is -2.03. The second-order valence-corrected chi connectivity index (χ2v) is 7.13. The molecule has 0 bridgehead atoms. The lowest BCUT2D eigenvalue weighted by atomic mass is 10.1. The van der Waals surface area contributed by atoms with Crippen molar-refractivity contribution in [2.75, 3.05) is 5.75 Å². The molecule has 3 rings (SSSR count). The Hall–Kier alpha value is -1.56. The van der Waals surface area contributed by atoms with Gasteiger partial charge in [0.15, 0.2) is 16.6 Å². The predicted octanol–water partition coefficient (Wildman–Crippen LogP) is 4.96. The van der Waals surface area contributed by atoms with Gasteiger partial charge in [0, 0.05) is 11.8 Å². The first-order valence-electron chi connectivity index (χ1n) is 7.53.